The summed E-state index contributed by atoms with van der Waals surface area (Å²) in [5.41, 5.74) is -0.207. The summed E-state index contributed by atoms with van der Waals surface area (Å²) in [7, 11) is 0. The second-order valence-corrected chi connectivity index (χ2v) is 6.33. The number of halogens is 3. The van der Waals surface area contributed by atoms with Crippen molar-refractivity contribution in [2.75, 3.05) is 6.54 Å². The molecule has 104 valence electrons. The van der Waals surface area contributed by atoms with Crippen LogP contribution < -0.4 is 5.32 Å². The Bertz CT molecular complexity index is 493. The van der Waals surface area contributed by atoms with E-state index in [-0.39, 0.29) is 5.56 Å². The van der Waals surface area contributed by atoms with Crippen molar-refractivity contribution < 1.29 is 13.6 Å². The monoisotopic (exact) mass is 331 g/mol. The maximum absolute atomic E-state index is 13.8. The zero-order chi connectivity index (χ0) is 14.0. The molecule has 2 unspecified atom stereocenters. The Balaban J connectivity index is 2.02. The highest BCUT2D eigenvalue weighted by Gasteiger charge is 2.24. The van der Waals surface area contributed by atoms with Crippen LogP contribution in [0.15, 0.2) is 12.1 Å². The van der Waals surface area contributed by atoms with Crippen molar-refractivity contribution in [2.45, 2.75) is 31.0 Å². The smallest absolute Gasteiger partial charge is 0.257 e. The molecular formula is C14H16BrF2NO. The van der Waals surface area contributed by atoms with Gasteiger partial charge in [0.05, 0.1) is 0 Å². The molecule has 1 aliphatic carbocycles. The molecule has 5 heteroatoms. The number of hydrogen-bond acceptors (Lipinski definition) is 1. The van der Waals surface area contributed by atoms with Gasteiger partial charge in [-0.25, -0.2) is 8.78 Å². The van der Waals surface area contributed by atoms with Crippen LogP contribution in [0.25, 0.3) is 0 Å². The number of aryl methyl sites for hydroxylation is 1. The molecule has 1 aromatic carbocycles. The Morgan fingerprint density at radius 1 is 1.42 bits per heavy atom. The van der Waals surface area contributed by atoms with E-state index in [1.807, 2.05) is 0 Å². The Hall–Kier alpha value is -0.970. The molecule has 1 aromatic rings. The maximum Gasteiger partial charge on any atom is 0.257 e. The highest BCUT2D eigenvalue weighted by molar-refractivity contribution is 9.09. The van der Waals surface area contributed by atoms with Crippen LogP contribution >= 0.6 is 15.9 Å². The molecule has 19 heavy (non-hydrogen) atoms. The zero-order valence-electron chi connectivity index (χ0n) is 10.7. The van der Waals surface area contributed by atoms with Gasteiger partial charge in [-0.15, -0.1) is 0 Å². The number of carbonyl (C=O) groups excluding carboxylic acids is 1. The molecule has 0 aromatic heterocycles. The minimum Gasteiger partial charge on any atom is -0.352 e. The molecule has 1 saturated carbocycles. The molecule has 1 amide bonds. The Morgan fingerprint density at radius 3 is 2.79 bits per heavy atom. The fourth-order valence-corrected chi connectivity index (χ4v) is 3.18. The standard InChI is InChI=1S/C14H16BrF2NO/c1-8-2-5-11(16)12(13(8)17)14(19)18-7-9-3-4-10(15)6-9/h2,5,9-10H,3-4,6-7H2,1H3,(H,18,19). The number of carbonyl (C=O) groups is 1. The van der Waals surface area contributed by atoms with Crippen molar-refractivity contribution in [3.05, 3.63) is 34.9 Å². The van der Waals surface area contributed by atoms with Crippen molar-refractivity contribution in [3.63, 3.8) is 0 Å². The Kier molecular flexibility index (Phi) is 4.55. The molecule has 1 fully saturated rings. The van der Waals surface area contributed by atoms with Crippen LogP contribution in [0, 0.1) is 24.5 Å². The number of alkyl halides is 1. The van der Waals surface area contributed by atoms with Gasteiger partial charge in [0, 0.05) is 11.4 Å². The zero-order valence-corrected chi connectivity index (χ0v) is 12.3. The maximum atomic E-state index is 13.8. The topological polar surface area (TPSA) is 29.1 Å². The van der Waals surface area contributed by atoms with Gasteiger partial charge in [0.1, 0.15) is 17.2 Å². The third-order valence-corrected chi connectivity index (χ3v) is 4.37. The van der Waals surface area contributed by atoms with Crippen LogP contribution in [0.3, 0.4) is 0 Å². The predicted octanol–water partition coefficient (Wildman–Crippen LogP) is 3.57. The molecule has 0 heterocycles. The number of hydrogen-bond donors (Lipinski definition) is 1. The van der Waals surface area contributed by atoms with E-state index in [9.17, 15) is 13.6 Å². The van der Waals surface area contributed by atoms with Crippen LogP contribution in [0.4, 0.5) is 8.78 Å². The number of amides is 1. The lowest BCUT2D eigenvalue weighted by molar-refractivity contribution is 0.0938. The highest BCUT2D eigenvalue weighted by atomic mass is 79.9. The summed E-state index contributed by atoms with van der Waals surface area (Å²) in [6.07, 6.45) is 3.09. The van der Waals surface area contributed by atoms with Crippen molar-refractivity contribution in [1.29, 1.82) is 0 Å². The fraction of sp³-hybridized carbons (Fsp3) is 0.500. The largest absolute Gasteiger partial charge is 0.352 e. The first-order valence-corrected chi connectivity index (χ1v) is 7.27. The van der Waals surface area contributed by atoms with Crippen molar-refractivity contribution in [1.82, 2.24) is 5.32 Å². The molecular weight excluding hydrogens is 316 g/mol. The van der Waals surface area contributed by atoms with Crippen LogP contribution in [-0.2, 0) is 0 Å². The lowest BCUT2D eigenvalue weighted by Crippen LogP contribution is -2.30. The van der Waals surface area contributed by atoms with Gasteiger partial charge in [-0.3, -0.25) is 4.79 Å². The Morgan fingerprint density at radius 2 is 2.16 bits per heavy atom. The van der Waals surface area contributed by atoms with Crippen LogP contribution in [0.1, 0.15) is 35.2 Å². The molecule has 0 saturated heterocycles. The summed E-state index contributed by atoms with van der Waals surface area (Å²) >= 11 is 3.53. The van der Waals surface area contributed by atoms with Gasteiger partial charge >= 0.3 is 0 Å². The van der Waals surface area contributed by atoms with Gasteiger partial charge in [-0.2, -0.15) is 0 Å². The van der Waals surface area contributed by atoms with E-state index in [0.717, 1.165) is 25.3 Å². The third kappa shape index (κ3) is 3.32. The van der Waals surface area contributed by atoms with E-state index in [0.29, 0.717) is 17.3 Å². The molecule has 2 atom stereocenters. The van der Waals surface area contributed by atoms with Crippen molar-refractivity contribution in [3.8, 4) is 0 Å². The van der Waals surface area contributed by atoms with Crippen molar-refractivity contribution in [2.24, 2.45) is 5.92 Å². The average Bonchev–Trinajstić information content (AvgIpc) is 2.78. The lowest BCUT2D eigenvalue weighted by Gasteiger charge is -2.12. The van der Waals surface area contributed by atoms with E-state index < -0.39 is 23.1 Å². The van der Waals surface area contributed by atoms with E-state index in [1.54, 1.807) is 0 Å². The minimum atomic E-state index is -0.814. The summed E-state index contributed by atoms with van der Waals surface area (Å²) < 4.78 is 27.3. The SMILES string of the molecule is Cc1ccc(F)c(C(=O)NCC2CCC(Br)C2)c1F. The van der Waals surface area contributed by atoms with Crippen LogP contribution in [0.2, 0.25) is 0 Å². The van der Waals surface area contributed by atoms with E-state index in [1.165, 1.54) is 13.0 Å². The Labute approximate surface area is 119 Å². The second kappa shape index (κ2) is 5.99. The van der Waals surface area contributed by atoms with Crippen molar-refractivity contribution >= 4 is 21.8 Å². The number of rotatable bonds is 3. The van der Waals surface area contributed by atoms with Gasteiger partial charge in [0.25, 0.3) is 5.91 Å². The van der Waals surface area contributed by atoms with Gasteiger partial charge in [0.2, 0.25) is 0 Å². The first-order chi connectivity index (χ1) is 8.99. The van der Waals surface area contributed by atoms with Crippen LogP contribution in [0.5, 0.6) is 0 Å². The highest BCUT2D eigenvalue weighted by Crippen LogP contribution is 2.30. The molecule has 0 aliphatic heterocycles. The molecule has 1 aliphatic rings. The van der Waals surface area contributed by atoms with Gasteiger partial charge < -0.3 is 5.32 Å². The average molecular weight is 332 g/mol. The lowest BCUT2D eigenvalue weighted by atomic mass is 10.1. The second-order valence-electron chi connectivity index (χ2n) is 5.04. The quantitative estimate of drug-likeness (QED) is 0.843. The van der Waals surface area contributed by atoms with E-state index in [2.05, 4.69) is 21.2 Å². The number of nitrogens with one attached hydrogen (secondary N) is 1. The summed E-state index contributed by atoms with van der Waals surface area (Å²) in [5.74, 6) is -1.88. The molecule has 1 N–H and O–H groups in total. The fourth-order valence-electron chi connectivity index (χ4n) is 2.39. The third-order valence-electron chi connectivity index (χ3n) is 3.54. The molecule has 0 bridgehead atoms. The van der Waals surface area contributed by atoms with E-state index >= 15 is 0 Å². The summed E-state index contributed by atoms with van der Waals surface area (Å²) in [6, 6.07) is 2.45. The molecule has 0 radical (unpaired) electrons. The molecule has 0 spiro atoms. The number of benzene rings is 1. The normalized spacial score (nSPS) is 22.5. The first kappa shape index (κ1) is 14.4. The summed E-state index contributed by atoms with van der Waals surface area (Å²) in [5, 5.41) is 2.63. The van der Waals surface area contributed by atoms with Crippen LogP contribution in [-0.4, -0.2) is 17.3 Å². The van der Waals surface area contributed by atoms with Gasteiger partial charge in [0.15, 0.2) is 0 Å². The minimum absolute atomic E-state index is 0.271. The first-order valence-electron chi connectivity index (χ1n) is 6.36. The van der Waals surface area contributed by atoms with Gasteiger partial charge in [-0.1, -0.05) is 22.0 Å². The predicted molar refractivity (Wildman–Crippen MR) is 73.5 cm³/mol. The molecule has 2 rings (SSSR count). The summed E-state index contributed by atoms with van der Waals surface area (Å²) in [4.78, 5) is 12.4. The molecule has 2 nitrogen and oxygen atoms in total. The van der Waals surface area contributed by atoms with Gasteiger partial charge in [-0.05, 0) is 43.7 Å². The van der Waals surface area contributed by atoms with E-state index in [4.69, 9.17) is 0 Å². The summed E-state index contributed by atoms with van der Waals surface area (Å²) in [6.45, 7) is 1.98.